The van der Waals surface area contributed by atoms with Gasteiger partial charge >= 0.3 is 0 Å². The molecule has 0 unspecified atom stereocenters. The van der Waals surface area contributed by atoms with Crippen LogP contribution in [-0.2, 0) is 4.79 Å². The third kappa shape index (κ3) is 5.04. The van der Waals surface area contributed by atoms with Gasteiger partial charge in [-0.05, 0) is 37.6 Å². The fourth-order valence-corrected chi connectivity index (χ4v) is 3.88. The van der Waals surface area contributed by atoms with Crippen molar-refractivity contribution in [1.82, 2.24) is 24.5 Å². The third-order valence-corrected chi connectivity index (χ3v) is 5.32. The number of hydrogen-bond acceptors (Lipinski definition) is 8. The highest BCUT2D eigenvalue weighted by Crippen LogP contribution is 2.33. The Morgan fingerprint density at radius 2 is 2.13 bits per heavy atom. The van der Waals surface area contributed by atoms with E-state index in [-0.39, 0.29) is 24.9 Å². The second-order valence-corrected chi connectivity index (χ2v) is 7.71. The molecule has 30 heavy (non-hydrogen) atoms. The summed E-state index contributed by atoms with van der Waals surface area (Å²) in [6, 6.07) is 5.52. The number of fused-ring (bicyclic) bond motifs is 1. The minimum Gasteiger partial charge on any atom is -0.507 e. The summed E-state index contributed by atoms with van der Waals surface area (Å²) in [7, 11) is 0. The van der Waals surface area contributed by atoms with Crippen molar-refractivity contribution >= 4 is 33.9 Å². The van der Waals surface area contributed by atoms with Crippen LogP contribution in [0.1, 0.15) is 12.8 Å². The molecule has 1 saturated heterocycles. The monoisotopic (exact) mass is 478 g/mol. The molecule has 0 bridgehead atoms. The zero-order valence-corrected chi connectivity index (χ0v) is 17.7. The summed E-state index contributed by atoms with van der Waals surface area (Å²) >= 11 is 3.35. The SMILES string of the molecule is O=CO.OCCN1CCC[C@@H](Nc2nnc(-c3ccc(Br)cc3O)c3cncn23)C1. The van der Waals surface area contributed by atoms with E-state index in [1.807, 2.05) is 10.5 Å². The Morgan fingerprint density at radius 1 is 1.33 bits per heavy atom. The zero-order valence-electron chi connectivity index (χ0n) is 16.1. The molecule has 1 fully saturated rings. The van der Waals surface area contributed by atoms with E-state index in [9.17, 15) is 5.11 Å². The van der Waals surface area contributed by atoms with Crippen LogP contribution >= 0.6 is 15.9 Å². The number of carbonyl (C=O) groups is 1. The average Bonchev–Trinajstić information content (AvgIpc) is 3.21. The summed E-state index contributed by atoms with van der Waals surface area (Å²) in [5, 5.41) is 38.5. The Bertz CT molecular complexity index is 996. The molecule has 4 N–H and O–H groups in total. The molecule has 11 heteroatoms. The fraction of sp³-hybridized carbons (Fsp3) is 0.368. The first-order valence-electron chi connectivity index (χ1n) is 9.42. The normalized spacial score (nSPS) is 16.7. The molecule has 10 nitrogen and oxygen atoms in total. The number of carboxylic acid groups (broad SMARTS) is 1. The molecule has 1 aromatic carbocycles. The number of phenols is 1. The van der Waals surface area contributed by atoms with Crippen LogP contribution in [0.2, 0.25) is 0 Å². The lowest BCUT2D eigenvalue weighted by Crippen LogP contribution is -2.43. The minimum atomic E-state index is -0.250. The van der Waals surface area contributed by atoms with Gasteiger partial charge in [0.1, 0.15) is 17.8 Å². The maximum Gasteiger partial charge on any atom is 0.290 e. The topological polar surface area (TPSA) is 136 Å². The summed E-state index contributed by atoms with van der Waals surface area (Å²) in [5.41, 5.74) is 1.95. The van der Waals surface area contributed by atoms with Gasteiger partial charge in [0.2, 0.25) is 5.95 Å². The number of benzene rings is 1. The van der Waals surface area contributed by atoms with Crippen molar-refractivity contribution in [2.24, 2.45) is 0 Å². The highest BCUT2D eigenvalue weighted by atomic mass is 79.9. The fourth-order valence-electron chi connectivity index (χ4n) is 3.53. The Morgan fingerprint density at radius 3 is 2.87 bits per heavy atom. The van der Waals surface area contributed by atoms with E-state index in [0.717, 1.165) is 35.9 Å². The van der Waals surface area contributed by atoms with E-state index in [2.05, 4.69) is 41.3 Å². The van der Waals surface area contributed by atoms with Crippen LogP contribution in [0.25, 0.3) is 16.8 Å². The molecule has 1 aliphatic rings. The molecule has 3 heterocycles. The van der Waals surface area contributed by atoms with Gasteiger partial charge in [0, 0.05) is 29.2 Å². The predicted octanol–water partition coefficient (Wildman–Crippen LogP) is 1.83. The smallest absolute Gasteiger partial charge is 0.290 e. The Balaban J connectivity index is 0.000000806. The van der Waals surface area contributed by atoms with Gasteiger partial charge in [0.05, 0.1) is 18.3 Å². The van der Waals surface area contributed by atoms with Crippen molar-refractivity contribution in [2.75, 3.05) is 31.6 Å². The molecule has 0 aliphatic carbocycles. The van der Waals surface area contributed by atoms with Crippen molar-refractivity contribution < 1.29 is 20.1 Å². The van der Waals surface area contributed by atoms with E-state index in [4.69, 9.17) is 15.0 Å². The maximum atomic E-state index is 10.3. The molecule has 0 radical (unpaired) electrons. The highest BCUT2D eigenvalue weighted by molar-refractivity contribution is 9.10. The number of β-amino-alcohol motifs (C(OH)–C–C–N with tert-alkyl or cyclic N) is 1. The van der Waals surface area contributed by atoms with Gasteiger partial charge in [-0.2, -0.15) is 0 Å². The van der Waals surface area contributed by atoms with E-state index in [0.29, 0.717) is 23.8 Å². The molecule has 4 rings (SSSR count). The summed E-state index contributed by atoms with van der Waals surface area (Å²) < 4.78 is 2.65. The van der Waals surface area contributed by atoms with Crippen molar-refractivity contribution in [2.45, 2.75) is 18.9 Å². The van der Waals surface area contributed by atoms with Crippen molar-refractivity contribution in [3.63, 3.8) is 0 Å². The molecular weight excluding hydrogens is 456 g/mol. The molecule has 1 atom stereocenters. The van der Waals surface area contributed by atoms with Gasteiger partial charge in [-0.25, -0.2) is 4.98 Å². The number of halogens is 1. The molecule has 3 aromatic rings. The van der Waals surface area contributed by atoms with E-state index in [1.165, 1.54) is 0 Å². The van der Waals surface area contributed by atoms with Gasteiger partial charge in [0.25, 0.3) is 6.47 Å². The van der Waals surface area contributed by atoms with E-state index < -0.39 is 0 Å². The lowest BCUT2D eigenvalue weighted by molar-refractivity contribution is -0.122. The van der Waals surface area contributed by atoms with Crippen LogP contribution in [0.5, 0.6) is 5.75 Å². The summed E-state index contributed by atoms with van der Waals surface area (Å²) in [6.45, 7) is 2.47. The van der Waals surface area contributed by atoms with Crippen LogP contribution in [-0.4, -0.2) is 78.6 Å². The molecule has 2 aromatic heterocycles. The lowest BCUT2D eigenvalue weighted by atomic mass is 10.1. The standard InChI is InChI=1S/C18H21BrN6O2.CH2O2/c19-12-3-4-14(16(27)8-12)17-15-9-20-11-25(15)18(23-22-17)21-13-2-1-5-24(10-13)6-7-26;2-1-3/h3-4,8-9,11,13,26-27H,1-2,5-7,10H2,(H,21,23);1H,(H,2,3)/t13-;/m1./s1. The molecule has 0 amide bonds. The predicted molar refractivity (Wildman–Crippen MR) is 114 cm³/mol. The number of aromatic nitrogens is 4. The zero-order chi connectivity index (χ0) is 21.5. The number of hydrogen-bond donors (Lipinski definition) is 4. The Kier molecular flexibility index (Phi) is 7.55. The number of anilines is 1. The molecule has 0 spiro atoms. The van der Waals surface area contributed by atoms with E-state index >= 15 is 0 Å². The number of aromatic hydroxyl groups is 1. The Hall–Kier alpha value is -2.76. The summed E-state index contributed by atoms with van der Waals surface area (Å²) in [4.78, 5) is 14.8. The first kappa shape index (κ1) is 21.9. The van der Waals surface area contributed by atoms with Crippen LogP contribution in [0.15, 0.2) is 35.2 Å². The van der Waals surface area contributed by atoms with Gasteiger partial charge in [-0.15, -0.1) is 10.2 Å². The van der Waals surface area contributed by atoms with Gasteiger partial charge in [-0.1, -0.05) is 15.9 Å². The number of piperidine rings is 1. The number of rotatable bonds is 5. The van der Waals surface area contributed by atoms with Crippen LogP contribution in [0, 0.1) is 0 Å². The van der Waals surface area contributed by atoms with Crippen LogP contribution < -0.4 is 5.32 Å². The number of imidazole rings is 1. The van der Waals surface area contributed by atoms with Gasteiger partial charge < -0.3 is 20.6 Å². The van der Waals surface area contributed by atoms with Crippen molar-refractivity contribution in [3.8, 4) is 17.0 Å². The van der Waals surface area contributed by atoms with E-state index in [1.54, 1.807) is 24.7 Å². The average molecular weight is 479 g/mol. The molecule has 0 saturated carbocycles. The first-order valence-corrected chi connectivity index (χ1v) is 10.2. The van der Waals surface area contributed by atoms with Gasteiger partial charge in [-0.3, -0.25) is 14.1 Å². The van der Waals surface area contributed by atoms with Crippen LogP contribution in [0.4, 0.5) is 5.95 Å². The first-order chi connectivity index (χ1) is 14.6. The highest BCUT2D eigenvalue weighted by Gasteiger charge is 2.21. The summed E-state index contributed by atoms with van der Waals surface area (Å²) in [5.74, 6) is 0.758. The number of aliphatic hydroxyl groups is 1. The minimum absolute atomic E-state index is 0.134. The molecule has 160 valence electrons. The molecule has 1 aliphatic heterocycles. The lowest BCUT2D eigenvalue weighted by Gasteiger charge is -2.32. The van der Waals surface area contributed by atoms with Crippen LogP contribution in [0.3, 0.4) is 0 Å². The molecular formula is C19H23BrN6O4. The van der Waals surface area contributed by atoms with Gasteiger partial charge in [0.15, 0.2) is 0 Å². The quantitative estimate of drug-likeness (QED) is 0.404. The number of likely N-dealkylation sites (tertiary alicyclic amines) is 1. The van der Waals surface area contributed by atoms with Crippen molar-refractivity contribution in [3.05, 3.63) is 35.2 Å². The Labute approximate surface area is 181 Å². The number of aliphatic hydroxyl groups excluding tert-OH is 1. The third-order valence-electron chi connectivity index (χ3n) is 4.82. The number of nitrogens with zero attached hydrogens (tertiary/aromatic N) is 5. The number of nitrogens with one attached hydrogen (secondary N) is 1. The summed E-state index contributed by atoms with van der Waals surface area (Å²) in [6.07, 6.45) is 5.52. The number of phenolic OH excluding ortho intramolecular Hbond substituents is 1. The van der Waals surface area contributed by atoms with Crippen molar-refractivity contribution in [1.29, 1.82) is 0 Å². The second-order valence-electron chi connectivity index (χ2n) is 6.80. The largest absolute Gasteiger partial charge is 0.507 e. The second kappa shape index (κ2) is 10.3. The maximum absolute atomic E-state index is 10.3.